The van der Waals surface area contributed by atoms with Crippen LogP contribution in [-0.4, -0.2) is 84.2 Å². The Kier molecular flexibility index (Phi) is 9.51. The largest absolute Gasteiger partial charge is 0.495 e. The smallest absolute Gasteiger partial charge is 0.260 e. The number of morpholine rings is 1. The number of ether oxygens (including phenoxy) is 3. The van der Waals surface area contributed by atoms with Gasteiger partial charge < -0.3 is 19.1 Å². The number of rotatable bonds is 10. The maximum absolute atomic E-state index is 12.4. The van der Waals surface area contributed by atoms with E-state index in [4.69, 9.17) is 25.8 Å². The number of hydrazone groups is 1. The fourth-order valence-corrected chi connectivity index (χ4v) is 4.35. The number of nitrogens with one attached hydrogen (secondary N) is 1. The molecule has 0 bridgehead atoms. The summed E-state index contributed by atoms with van der Waals surface area (Å²) in [7, 11) is -2.34. The molecular formula is C23H27ClN4O7S. The molecule has 36 heavy (non-hydrogen) atoms. The van der Waals surface area contributed by atoms with Crippen molar-refractivity contribution in [3.8, 4) is 11.5 Å². The third-order valence-corrected chi connectivity index (χ3v) is 6.56. The second-order valence-corrected chi connectivity index (χ2v) is 10.0. The van der Waals surface area contributed by atoms with Crippen LogP contribution in [0.25, 0.3) is 0 Å². The number of halogens is 1. The van der Waals surface area contributed by atoms with Crippen LogP contribution in [-0.2, 0) is 24.3 Å². The fourth-order valence-electron chi connectivity index (χ4n) is 3.25. The van der Waals surface area contributed by atoms with Gasteiger partial charge in [-0.1, -0.05) is 11.6 Å². The Bertz CT molecular complexity index is 1200. The Balaban J connectivity index is 1.52. The minimum atomic E-state index is -3.78. The standard InChI is InChI=1S/C23H27ClN4O7S/c1-33-21-8-5-18(13-20(21)24)28(36(2,31)32)15-22(29)26-25-14-17-3-6-19(7-4-17)35-16-23(30)27-9-11-34-12-10-27/h3-8,13-14H,9-12,15-16H2,1-2H3,(H,26,29)/b25-14+. The van der Waals surface area contributed by atoms with E-state index in [0.717, 1.165) is 10.6 Å². The molecular weight excluding hydrogens is 512 g/mol. The monoisotopic (exact) mass is 538 g/mol. The van der Waals surface area contributed by atoms with E-state index < -0.39 is 22.5 Å². The topological polar surface area (TPSA) is 127 Å². The summed E-state index contributed by atoms with van der Waals surface area (Å²) < 4.78 is 41.2. The molecule has 0 aliphatic carbocycles. The van der Waals surface area contributed by atoms with E-state index >= 15 is 0 Å². The molecule has 194 valence electrons. The van der Waals surface area contributed by atoms with Crippen LogP contribution < -0.4 is 19.2 Å². The number of hydrogen-bond acceptors (Lipinski definition) is 8. The minimum Gasteiger partial charge on any atom is -0.495 e. The molecule has 0 saturated carbocycles. The van der Waals surface area contributed by atoms with E-state index in [1.165, 1.54) is 31.5 Å². The van der Waals surface area contributed by atoms with Gasteiger partial charge in [0.15, 0.2) is 6.61 Å². The zero-order valence-corrected chi connectivity index (χ0v) is 21.4. The molecule has 3 rings (SSSR count). The van der Waals surface area contributed by atoms with Crippen LogP contribution in [0.15, 0.2) is 47.6 Å². The molecule has 1 N–H and O–H groups in total. The maximum atomic E-state index is 12.4. The first kappa shape index (κ1) is 27.2. The maximum Gasteiger partial charge on any atom is 0.260 e. The van der Waals surface area contributed by atoms with E-state index in [2.05, 4.69) is 10.5 Å². The highest BCUT2D eigenvalue weighted by molar-refractivity contribution is 7.92. The average Bonchev–Trinajstić information content (AvgIpc) is 2.86. The number of carbonyl (C=O) groups excluding carboxylic acids is 2. The highest BCUT2D eigenvalue weighted by atomic mass is 35.5. The van der Waals surface area contributed by atoms with Crippen molar-refractivity contribution < 1.29 is 32.2 Å². The second-order valence-electron chi connectivity index (χ2n) is 7.73. The van der Waals surface area contributed by atoms with E-state index in [-0.39, 0.29) is 23.2 Å². The number of hydrogen-bond donors (Lipinski definition) is 1. The normalized spacial score (nSPS) is 13.9. The van der Waals surface area contributed by atoms with Gasteiger partial charge in [-0.2, -0.15) is 5.10 Å². The van der Waals surface area contributed by atoms with Crippen LogP contribution in [0.2, 0.25) is 5.02 Å². The summed E-state index contributed by atoms with van der Waals surface area (Å²) >= 11 is 6.09. The zero-order valence-electron chi connectivity index (χ0n) is 19.8. The Morgan fingerprint density at radius 2 is 1.89 bits per heavy atom. The fraction of sp³-hybridized carbons (Fsp3) is 0.348. The molecule has 2 aromatic rings. The lowest BCUT2D eigenvalue weighted by Crippen LogP contribution is -2.42. The minimum absolute atomic E-state index is 0.0697. The second kappa shape index (κ2) is 12.6. The molecule has 0 aromatic heterocycles. The van der Waals surface area contributed by atoms with Gasteiger partial charge in [0.1, 0.15) is 18.0 Å². The summed E-state index contributed by atoms with van der Waals surface area (Å²) in [5.41, 5.74) is 3.18. The Hall–Kier alpha value is -3.35. The van der Waals surface area contributed by atoms with Gasteiger partial charge in [-0.05, 0) is 48.0 Å². The van der Waals surface area contributed by atoms with Gasteiger partial charge in [-0.3, -0.25) is 13.9 Å². The van der Waals surface area contributed by atoms with Gasteiger partial charge in [-0.25, -0.2) is 13.8 Å². The van der Waals surface area contributed by atoms with E-state index in [9.17, 15) is 18.0 Å². The van der Waals surface area contributed by atoms with E-state index in [1.54, 1.807) is 29.2 Å². The summed E-state index contributed by atoms with van der Waals surface area (Å²) in [5, 5.41) is 4.08. The summed E-state index contributed by atoms with van der Waals surface area (Å²) in [6, 6.07) is 11.1. The number of amides is 2. The van der Waals surface area contributed by atoms with Gasteiger partial charge in [0, 0.05) is 13.1 Å². The van der Waals surface area contributed by atoms with Crippen molar-refractivity contribution in [2.45, 2.75) is 0 Å². The van der Waals surface area contributed by atoms with Crippen molar-refractivity contribution in [2.75, 3.05) is 57.1 Å². The average molecular weight is 539 g/mol. The quantitative estimate of drug-likeness (QED) is 0.359. The molecule has 1 fully saturated rings. The first-order chi connectivity index (χ1) is 17.2. The number of methoxy groups -OCH3 is 1. The molecule has 2 amide bonds. The van der Waals surface area contributed by atoms with Gasteiger partial charge in [0.2, 0.25) is 10.0 Å². The molecule has 1 aliphatic rings. The van der Waals surface area contributed by atoms with Gasteiger partial charge in [-0.15, -0.1) is 0 Å². The molecule has 11 nitrogen and oxygen atoms in total. The molecule has 0 spiro atoms. The van der Waals surface area contributed by atoms with Gasteiger partial charge >= 0.3 is 0 Å². The van der Waals surface area contributed by atoms with Crippen molar-refractivity contribution in [2.24, 2.45) is 5.10 Å². The molecule has 2 aromatic carbocycles. The summed E-state index contributed by atoms with van der Waals surface area (Å²) in [6.45, 7) is 1.59. The van der Waals surface area contributed by atoms with E-state index in [1.807, 2.05) is 0 Å². The lowest BCUT2D eigenvalue weighted by molar-refractivity contribution is -0.137. The molecule has 13 heteroatoms. The highest BCUT2D eigenvalue weighted by Gasteiger charge is 2.22. The molecule has 1 heterocycles. The predicted octanol–water partition coefficient (Wildman–Crippen LogP) is 1.50. The number of anilines is 1. The van der Waals surface area contributed by atoms with Crippen LogP contribution in [0.4, 0.5) is 5.69 Å². The van der Waals surface area contributed by atoms with Crippen LogP contribution in [0, 0.1) is 0 Å². The molecule has 1 saturated heterocycles. The van der Waals surface area contributed by atoms with Crippen molar-refractivity contribution in [3.05, 3.63) is 53.1 Å². The number of nitrogens with zero attached hydrogens (tertiary/aromatic N) is 3. The molecule has 1 aliphatic heterocycles. The van der Waals surface area contributed by atoms with Crippen LogP contribution in [0.5, 0.6) is 11.5 Å². The molecule has 0 unspecified atom stereocenters. The first-order valence-electron chi connectivity index (χ1n) is 10.9. The molecule has 0 atom stereocenters. The van der Waals surface area contributed by atoms with Crippen molar-refractivity contribution >= 4 is 45.3 Å². The van der Waals surface area contributed by atoms with Crippen LogP contribution in [0.3, 0.4) is 0 Å². The van der Waals surface area contributed by atoms with Gasteiger partial charge in [0.05, 0.1) is 43.5 Å². The zero-order chi connectivity index (χ0) is 26.1. The number of carbonyl (C=O) groups is 2. The summed E-state index contributed by atoms with van der Waals surface area (Å²) in [4.78, 5) is 26.2. The summed E-state index contributed by atoms with van der Waals surface area (Å²) in [6.07, 6.45) is 2.38. The number of sulfonamides is 1. The first-order valence-corrected chi connectivity index (χ1v) is 13.1. The summed E-state index contributed by atoms with van der Waals surface area (Å²) in [5.74, 6) is 0.139. The van der Waals surface area contributed by atoms with Crippen molar-refractivity contribution in [1.82, 2.24) is 10.3 Å². The lowest BCUT2D eigenvalue weighted by Gasteiger charge is -2.26. The van der Waals surface area contributed by atoms with Crippen molar-refractivity contribution in [1.29, 1.82) is 0 Å². The Morgan fingerprint density at radius 3 is 2.50 bits per heavy atom. The van der Waals surface area contributed by atoms with Gasteiger partial charge in [0.25, 0.3) is 11.8 Å². The van der Waals surface area contributed by atoms with E-state index in [0.29, 0.717) is 43.4 Å². The lowest BCUT2D eigenvalue weighted by atomic mass is 10.2. The predicted molar refractivity (Wildman–Crippen MR) is 135 cm³/mol. The SMILES string of the molecule is COc1ccc(N(CC(=O)N/N=C/c2ccc(OCC(=O)N3CCOCC3)cc2)S(C)(=O)=O)cc1Cl. The van der Waals surface area contributed by atoms with Crippen LogP contribution >= 0.6 is 11.6 Å². The third-order valence-electron chi connectivity index (χ3n) is 5.12. The Morgan fingerprint density at radius 1 is 1.19 bits per heavy atom. The Labute approximate surface area is 214 Å². The van der Waals surface area contributed by atoms with Crippen LogP contribution in [0.1, 0.15) is 5.56 Å². The molecule has 0 radical (unpaired) electrons. The van der Waals surface area contributed by atoms with Crippen molar-refractivity contribution in [3.63, 3.8) is 0 Å². The highest BCUT2D eigenvalue weighted by Crippen LogP contribution is 2.30. The number of benzene rings is 2. The third kappa shape index (κ3) is 7.83.